The monoisotopic (exact) mass is 591 g/mol. The Morgan fingerprint density at radius 3 is 2.37 bits per heavy atom. The first-order chi connectivity index (χ1) is 19.7. The van der Waals surface area contributed by atoms with Gasteiger partial charge in [0.1, 0.15) is 11.6 Å². The maximum atomic E-state index is 13.7. The second-order valence-electron chi connectivity index (χ2n) is 10.1. The molecular formula is C29H45N5O6S. The quantitative estimate of drug-likeness (QED) is 0.214. The molecule has 1 N–H and O–H groups in total. The molecule has 12 heteroatoms. The van der Waals surface area contributed by atoms with Gasteiger partial charge in [-0.25, -0.2) is 17.9 Å². The van der Waals surface area contributed by atoms with Gasteiger partial charge in [0.15, 0.2) is 11.3 Å². The smallest absolute Gasteiger partial charge is 0.277 e. The first kappa shape index (κ1) is 32.7. The van der Waals surface area contributed by atoms with Crippen LogP contribution in [0.2, 0.25) is 0 Å². The maximum absolute atomic E-state index is 13.7. The van der Waals surface area contributed by atoms with Crippen molar-refractivity contribution in [2.75, 3.05) is 47.1 Å². The lowest BCUT2D eigenvalue weighted by atomic mass is 9.97. The number of ether oxygens (including phenoxy) is 3. The number of nitrogens with one attached hydrogen (secondary N) is 1. The number of H-pyrrole nitrogens is 1. The van der Waals surface area contributed by atoms with Crippen LogP contribution in [0.5, 0.6) is 5.75 Å². The van der Waals surface area contributed by atoms with Crippen LogP contribution in [0.3, 0.4) is 0 Å². The van der Waals surface area contributed by atoms with E-state index in [1.807, 2.05) is 13.8 Å². The molecule has 0 bridgehead atoms. The number of fused-ring (bicyclic) bond motifs is 1. The van der Waals surface area contributed by atoms with Gasteiger partial charge in [-0.3, -0.25) is 4.79 Å². The van der Waals surface area contributed by atoms with Gasteiger partial charge < -0.3 is 19.2 Å². The molecule has 11 nitrogen and oxygen atoms in total. The van der Waals surface area contributed by atoms with Crippen LogP contribution in [0, 0.1) is 6.92 Å². The van der Waals surface area contributed by atoms with Crippen molar-refractivity contribution < 1.29 is 22.6 Å². The molecule has 0 radical (unpaired) electrons. The Labute approximate surface area is 243 Å². The fraction of sp³-hybridized carbons (Fsp3) is 0.621. The lowest BCUT2D eigenvalue weighted by Crippen LogP contribution is -2.36. The molecule has 2 heterocycles. The number of imidazole rings is 1. The Kier molecular flexibility index (Phi) is 12.3. The second kappa shape index (κ2) is 15.4. The van der Waals surface area contributed by atoms with E-state index < -0.39 is 10.0 Å². The van der Waals surface area contributed by atoms with Crippen LogP contribution < -0.4 is 10.3 Å². The van der Waals surface area contributed by atoms with Crippen molar-refractivity contribution in [1.82, 2.24) is 23.9 Å². The number of aromatic amines is 1. The van der Waals surface area contributed by atoms with Crippen LogP contribution in [0.25, 0.3) is 16.9 Å². The van der Waals surface area contributed by atoms with Crippen molar-refractivity contribution >= 4 is 15.5 Å². The van der Waals surface area contributed by atoms with Crippen LogP contribution in [0.1, 0.15) is 76.7 Å². The summed E-state index contributed by atoms with van der Waals surface area (Å²) in [5.41, 5.74) is 1.03. The molecule has 0 fully saturated rings. The van der Waals surface area contributed by atoms with E-state index in [0.29, 0.717) is 29.1 Å². The summed E-state index contributed by atoms with van der Waals surface area (Å²) in [5, 5.41) is 4.82. The highest BCUT2D eigenvalue weighted by Gasteiger charge is 2.27. The molecule has 0 saturated carbocycles. The molecule has 0 saturated heterocycles. The van der Waals surface area contributed by atoms with Crippen molar-refractivity contribution in [3.8, 4) is 17.1 Å². The van der Waals surface area contributed by atoms with Crippen molar-refractivity contribution in [1.29, 1.82) is 0 Å². The van der Waals surface area contributed by atoms with Crippen molar-refractivity contribution in [2.24, 2.45) is 0 Å². The zero-order valence-corrected chi connectivity index (χ0v) is 26.1. The first-order valence-corrected chi connectivity index (χ1v) is 15.9. The zero-order valence-electron chi connectivity index (χ0n) is 25.2. The third-order valence-corrected chi connectivity index (χ3v) is 9.09. The highest BCUT2D eigenvalue weighted by Crippen LogP contribution is 2.32. The number of hydrogen-bond acceptors (Lipinski definition) is 8. The Morgan fingerprint density at radius 2 is 1.76 bits per heavy atom. The first-order valence-electron chi connectivity index (χ1n) is 14.5. The van der Waals surface area contributed by atoms with Crippen LogP contribution in [0.4, 0.5) is 0 Å². The van der Waals surface area contributed by atoms with Gasteiger partial charge in [0.25, 0.3) is 5.56 Å². The maximum Gasteiger partial charge on any atom is 0.277 e. The third-order valence-electron chi connectivity index (χ3n) is 7.20. The van der Waals surface area contributed by atoms with Crippen LogP contribution in [0.15, 0.2) is 27.9 Å². The van der Waals surface area contributed by atoms with E-state index in [2.05, 4.69) is 18.8 Å². The van der Waals surface area contributed by atoms with E-state index in [1.165, 1.54) is 37.1 Å². The number of benzene rings is 1. The molecule has 228 valence electrons. The average molecular weight is 592 g/mol. The topological polar surface area (TPSA) is 128 Å². The molecule has 41 heavy (non-hydrogen) atoms. The molecule has 1 aromatic carbocycles. The lowest BCUT2D eigenvalue weighted by Gasteiger charge is -2.22. The van der Waals surface area contributed by atoms with Gasteiger partial charge in [0.05, 0.1) is 36.0 Å². The lowest BCUT2D eigenvalue weighted by molar-refractivity contribution is 0.150. The Morgan fingerprint density at radius 1 is 1.05 bits per heavy atom. The number of nitrogens with zero attached hydrogens (tertiary/aromatic N) is 4. The summed E-state index contributed by atoms with van der Waals surface area (Å²) in [6.07, 6.45) is 6.40. The number of unbranched alkanes of at least 4 members (excludes halogenated alkanes) is 3. The molecule has 0 aliphatic rings. The fourth-order valence-electron chi connectivity index (χ4n) is 4.94. The van der Waals surface area contributed by atoms with Gasteiger partial charge in [-0.15, -0.1) is 5.10 Å². The summed E-state index contributed by atoms with van der Waals surface area (Å²) >= 11 is 0. The third kappa shape index (κ3) is 7.73. The summed E-state index contributed by atoms with van der Waals surface area (Å²) in [4.78, 5) is 21.0. The molecular weight excluding hydrogens is 546 g/mol. The minimum absolute atomic E-state index is 0.0512. The predicted molar refractivity (Wildman–Crippen MR) is 159 cm³/mol. The van der Waals surface area contributed by atoms with Crippen LogP contribution in [-0.4, -0.2) is 79.4 Å². The highest BCUT2D eigenvalue weighted by atomic mass is 32.2. The normalized spacial score (nSPS) is 12.9. The molecule has 1 atom stereocenters. The van der Waals surface area contributed by atoms with Gasteiger partial charge in [-0.2, -0.15) is 4.31 Å². The van der Waals surface area contributed by atoms with Gasteiger partial charge in [-0.1, -0.05) is 39.5 Å². The molecule has 0 amide bonds. The van der Waals surface area contributed by atoms with E-state index in [4.69, 9.17) is 24.3 Å². The second-order valence-corrected chi connectivity index (χ2v) is 12.0. The standard InChI is InChI=1S/C29H45N5O6S/c1-7-10-11-12-13-22(8-2)28-30-21(4)26-29(35)31-27(32-34(26)28)24-20-23(14-15-25(24)40-9-3)41(36,37)33(16-18-38-5)17-19-39-6/h14-15,20,22H,7-13,16-19H2,1-6H3,(H,31,32,35). The summed E-state index contributed by atoms with van der Waals surface area (Å²) < 4.78 is 46.4. The molecule has 1 unspecified atom stereocenters. The molecule has 2 aromatic heterocycles. The minimum Gasteiger partial charge on any atom is -0.493 e. The van der Waals surface area contributed by atoms with E-state index in [9.17, 15) is 13.2 Å². The summed E-state index contributed by atoms with van der Waals surface area (Å²) in [5.74, 6) is 1.52. The molecule has 0 aliphatic carbocycles. The zero-order chi connectivity index (χ0) is 30.0. The summed E-state index contributed by atoms with van der Waals surface area (Å²) in [6.45, 7) is 9.11. The molecule has 0 spiro atoms. The summed E-state index contributed by atoms with van der Waals surface area (Å²) in [7, 11) is -0.873. The average Bonchev–Trinajstić information content (AvgIpc) is 3.29. The minimum atomic E-state index is -3.92. The largest absolute Gasteiger partial charge is 0.493 e. The van der Waals surface area contributed by atoms with E-state index in [1.54, 1.807) is 10.6 Å². The number of rotatable bonds is 18. The van der Waals surface area contributed by atoms with E-state index in [0.717, 1.165) is 37.9 Å². The Balaban J connectivity index is 2.14. The van der Waals surface area contributed by atoms with Crippen LogP contribution in [-0.2, 0) is 19.5 Å². The number of sulfonamides is 1. The number of aryl methyl sites for hydroxylation is 1. The predicted octanol–water partition coefficient (Wildman–Crippen LogP) is 4.54. The van der Waals surface area contributed by atoms with Crippen LogP contribution >= 0.6 is 0 Å². The van der Waals surface area contributed by atoms with Gasteiger partial charge in [0, 0.05) is 33.2 Å². The summed E-state index contributed by atoms with van der Waals surface area (Å²) in [6, 6.07) is 4.61. The van der Waals surface area contributed by atoms with Gasteiger partial charge in [-0.05, 0) is 44.9 Å². The molecule has 3 rings (SSSR count). The highest BCUT2D eigenvalue weighted by molar-refractivity contribution is 7.89. The van der Waals surface area contributed by atoms with Gasteiger partial charge in [0.2, 0.25) is 10.0 Å². The Hall–Kier alpha value is -2.80. The van der Waals surface area contributed by atoms with Gasteiger partial charge >= 0.3 is 0 Å². The number of hydrogen-bond donors (Lipinski definition) is 1. The molecule has 0 aliphatic heterocycles. The van der Waals surface area contributed by atoms with Crippen molar-refractivity contribution in [2.45, 2.75) is 77.0 Å². The molecule has 3 aromatic rings. The fourth-order valence-corrected chi connectivity index (χ4v) is 6.37. The SMILES string of the molecule is CCCCCCC(CC)c1nc(C)c2c(=O)[nH]c(-c3cc(S(=O)(=O)N(CCOC)CCOC)ccc3OCC)nn12. The number of aromatic nitrogens is 4. The van der Waals surface area contributed by atoms with E-state index >= 15 is 0 Å². The van der Waals surface area contributed by atoms with Crippen molar-refractivity contribution in [3.63, 3.8) is 0 Å². The number of methoxy groups -OCH3 is 2. The Bertz CT molecular complexity index is 1430. The van der Waals surface area contributed by atoms with Crippen molar-refractivity contribution in [3.05, 3.63) is 40.1 Å². The van der Waals surface area contributed by atoms with E-state index in [-0.39, 0.29) is 48.5 Å².